The second-order valence-electron chi connectivity index (χ2n) is 4.30. The Hall–Kier alpha value is -1.30. The van der Waals surface area contributed by atoms with Crippen molar-refractivity contribution >= 4 is 23.4 Å². The number of rotatable bonds is 2. The average Bonchev–Trinajstić information content (AvgIpc) is 2.27. The zero-order valence-electron chi connectivity index (χ0n) is 10.1. The van der Waals surface area contributed by atoms with E-state index in [9.17, 15) is 0 Å². The Labute approximate surface area is 105 Å². The first-order valence-corrected chi connectivity index (χ1v) is 6.58. The molecule has 1 fully saturated rings. The molecule has 0 radical (unpaired) electrons. The number of nitrogen functional groups attached to an aromatic ring is 1. The van der Waals surface area contributed by atoms with Gasteiger partial charge in [0.1, 0.15) is 11.5 Å². The van der Waals surface area contributed by atoms with Crippen LogP contribution in [0.15, 0.2) is 12.4 Å². The molecule has 17 heavy (non-hydrogen) atoms. The molecule has 2 unspecified atom stereocenters. The van der Waals surface area contributed by atoms with E-state index >= 15 is 0 Å². The second-order valence-corrected chi connectivity index (χ2v) is 6.19. The molecule has 6 heteroatoms. The van der Waals surface area contributed by atoms with Gasteiger partial charge in [0.15, 0.2) is 5.82 Å². The number of thioether (sulfide) groups is 1. The molecule has 0 amide bonds. The number of nitrogens with zero attached hydrogens (tertiary/aromatic N) is 3. The van der Waals surface area contributed by atoms with Gasteiger partial charge in [-0.25, -0.2) is 9.97 Å². The first-order chi connectivity index (χ1) is 8.08. The number of hydrogen-bond donors (Lipinski definition) is 2. The van der Waals surface area contributed by atoms with Crippen LogP contribution >= 0.6 is 11.8 Å². The molecule has 3 N–H and O–H groups in total. The molecule has 5 nitrogen and oxygen atoms in total. The van der Waals surface area contributed by atoms with Crippen LogP contribution < -0.4 is 10.6 Å². The van der Waals surface area contributed by atoms with Gasteiger partial charge in [0.25, 0.3) is 0 Å². The third-order valence-electron chi connectivity index (χ3n) is 2.65. The summed E-state index contributed by atoms with van der Waals surface area (Å²) in [6, 6.07) is 0. The van der Waals surface area contributed by atoms with Gasteiger partial charge in [-0.05, 0) is 0 Å². The molecule has 0 spiro atoms. The van der Waals surface area contributed by atoms with E-state index in [2.05, 4.69) is 28.7 Å². The summed E-state index contributed by atoms with van der Waals surface area (Å²) in [5.74, 6) is 0.714. The smallest absolute Gasteiger partial charge is 0.158 e. The molecule has 1 aliphatic rings. The van der Waals surface area contributed by atoms with Crippen LogP contribution in [0.2, 0.25) is 0 Å². The fourth-order valence-electron chi connectivity index (χ4n) is 2.10. The van der Waals surface area contributed by atoms with Crippen LogP contribution in [0.5, 0.6) is 0 Å². The van der Waals surface area contributed by atoms with Crippen LogP contribution in [0, 0.1) is 5.41 Å². The topological polar surface area (TPSA) is 78.9 Å². The summed E-state index contributed by atoms with van der Waals surface area (Å²) < 4.78 is 0. The van der Waals surface area contributed by atoms with E-state index in [1.807, 2.05) is 11.8 Å². The molecule has 1 saturated heterocycles. The quantitative estimate of drug-likeness (QED) is 0.607. The molecule has 0 bridgehead atoms. The zero-order valence-corrected chi connectivity index (χ0v) is 10.9. The number of aromatic nitrogens is 2. The molecule has 92 valence electrons. The van der Waals surface area contributed by atoms with E-state index in [1.165, 1.54) is 0 Å². The molecule has 2 rings (SSSR count). The summed E-state index contributed by atoms with van der Waals surface area (Å²) in [4.78, 5) is 10.6. The van der Waals surface area contributed by atoms with Gasteiger partial charge in [-0.2, -0.15) is 11.8 Å². The lowest BCUT2D eigenvalue weighted by Crippen LogP contribution is -2.42. The number of amidine groups is 1. The summed E-state index contributed by atoms with van der Waals surface area (Å²) in [6.45, 7) is 6.26. The largest absolute Gasteiger partial charge is 0.382 e. The maximum atomic E-state index is 7.54. The van der Waals surface area contributed by atoms with Crippen molar-refractivity contribution in [1.29, 1.82) is 5.41 Å². The van der Waals surface area contributed by atoms with Crippen molar-refractivity contribution in [3.05, 3.63) is 18.1 Å². The van der Waals surface area contributed by atoms with Crippen molar-refractivity contribution in [2.45, 2.75) is 24.3 Å². The standard InChI is InChI=1S/C11H17N5S/c1-7-5-16(6-8(2)17-7)11-9(10(12)13)14-3-4-15-11/h3-4,7-8H,5-6H2,1-2H3,(H3,12,13). The zero-order chi connectivity index (χ0) is 12.4. The predicted molar refractivity (Wildman–Crippen MR) is 71.8 cm³/mol. The molecule has 2 heterocycles. The molecule has 1 aromatic heterocycles. The lowest BCUT2D eigenvalue weighted by atomic mass is 10.3. The van der Waals surface area contributed by atoms with E-state index in [-0.39, 0.29) is 5.84 Å². The summed E-state index contributed by atoms with van der Waals surface area (Å²) in [5.41, 5.74) is 6.02. The highest BCUT2D eigenvalue weighted by Gasteiger charge is 2.25. The first-order valence-electron chi connectivity index (χ1n) is 5.63. The molecule has 1 aliphatic heterocycles. The van der Waals surface area contributed by atoms with E-state index in [0.717, 1.165) is 18.9 Å². The molecule has 0 saturated carbocycles. The third-order valence-corrected chi connectivity index (χ3v) is 3.88. The van der Waals surface area contributed by atoms with Gasteiger partial charge in [-0.3, -0.25) is 5.41 Å². The van der Waals surface area contributed by atoms with Gasteiger partial charge < -0.3 is 10.6 Å². The normalized spacial score (nSPS) is 24.7. The van der Waals surface area contributed by atoms with Gasteiger partial charge in [0.2, 0.25) is 0 Å². The molecule has 1 aromatic rings. The fraction of sp³-hybridized carbons (Fsp3) is 0.545. The highest BCUT2D eigenvalue weighted by Crippen LogP contribution is 2.28. The maximum Gasteiger partial charge on any atom is 0.158 e. The number of nitrogens with two attached hydrogens (primary N) is 1. The molecule has 0 aromatic carbocycles. The molecular formula is C11H17N5S. The minimum Gasteiger partial charge on any atom is -0.382 e. The van der Waals surface area contributed by atoms with Gasteiger partial charge in [-0.1, -0.05) is 13.8 Å². The molecule has 0 aliphatic carbocycles. The fourth-order valence-corrected chi connectivity index (χ4v) is 3.43. The Balaban J connectivity index is 2.30. The first kappa shape index (κ1) is 12.2. The van der Waals surface area contributed by atoms with Crippen LogP contribution in [0.25, 0.3) is 0 Å². The monoisotopic (exact) mass is 251 g/mol. The van der Waals surface area contributed by atoms with Gasteiger partial charge in [0, 0.05) is 36.0 Å². The van der Waals surface area contributed by atoms with Crippen molar-refractivity contribution in [2.24, 2.45) is 5.73 Å². The van der Waals surface area contributed by atoms with E-state index < -0.39 is 0 Å². The minimum atomic E-state index is -0.0216. The van der Waals surface area contributed by atoms with Crippen LogP contribution in [0.3, 0.4) is 0 Å². The van der Waals surface area contributed by atoms with Crippen molar-refractivity contribution in [3.8, 4) is 0 Å². The van der Waals surface area contributed by atoms with Crippen molar-refractivity contribution in [1.82, 2.24) is 9.97 Å². The Morgan fingerprint density at radius 1 is 1.35 bits per heavy atom. The summed E-state index contributed by atoms with van der Waals surface area (Å²) >= 11 is 1.98. The lowest BCUT2D eigenvalue weighted by molar-refractivity contribution is 0.715. The average molecular weight is 251 g/mol. The van der Waals surface area contributed by atoms with Gasteiger partial charge in [-0.15, -0.1) is 0 Å². The van der Waals surface area contributed by atoms with Gasteiger partial charge in [0.05, 0.1) is 0 Å². The summed E-state index contributed by atoms with van der Waals surface area (Å²) in [5, 5.41) is 8.65. The molecular weight excluding hydrogens is 234 g/mol. The second kappa shape index (κ2) is 4.91. The van der Waals surface area contributed by atoms with E-state index in [4.69, 9.17) is 11.1 Å². The summed E-state index contributed by atoms with van der Waals surface area (Å²) in [7, 11) is 0. The van der Waals surface area contributed by atoms with E-state index in [1.54, 1.807) is 12.4 Å². The van der Waals surface area contributed by atoms with Crippen LogP contribution in [0.4, 0.5) is 5.82 Å². The van der Waals surface area contributed by atoms with Crippen LogP contribution in [0.1, 0.15) is 19.5 Å². The molecule has 2 atom stereocenters. The summed E-state index contributed by atoms with van der Waals surface area (Å²) in [6.07, 6.45) is 3.23. The van der Waals surface area contributed by atoms with Crippen LogP contribution in [-0.4, -0.2) is 39.4 Å². The van der Waals surface area contributed by atoms with E-state index in [0.29, 0.717) is 16.2 Å². The number of nitrogens with one attached hydrogen (secondary N) is 1. The number of hydrogen-bond acceptors (Lipinski definition) is 5. The minimum absolute atomic E-state index is 0.0216. The lowest BCUT2D eigenvalue weighted by Gasteiger charge is -2.35. The Morgan fingerprint density at radius 3 is 2.53 bits per heavy atom. The predicted octanol–water partition coefficient (Wildman–Crippen LogP) is 1.09. The number of anilines is 1. The highest BCUT2D eigenvalue weighted by atomic mass is 32.2. The highest BCUT2D eigenvalue weighted by molar-refractivity contribution is 8.00. The van der Waals surface area contributed by atoms with Crippen molar-refractivity contribution < 1.29 is 0 Å². The maximum absolute atomic E-state index is 7.54. The SMILES string of the molecule is CC1CN(c2nccnc2C(=N)N)CC(C)S1. The van der Waals surface area contributed by atoms with Gasteiger partial charge >= 0.3 is 0 Å². The Morgan fingerprint density at radius 2 is 1.94 bits per heavy atom. The van der Waals surface area contributed by atoms with Crippen molar-refractivity contribution in [2.75, 3.05) is 18.0 Å². The third kappa shape index (κ3) is 2.69. The van der Waals surface area contributed by atoms with Crippen LogP contribution in [-0.2, 0) is 0 Å². The van der Waals surface area contributed by atoms with Crippen molar-refractivity contribution in [3.63, 3.8) is 0 Å². The Bertz CT molecular complexity index is 412. The Kier molecular flexibility index (Phi) is 3.51.